The molecule has 1 aliphatic heterocycles. The summed E-state index contributed by atoms with van der Waals surface area (Å²) < 4.78 is 5.80. The maximum Gasteiger partial charge on any atom is 0.142 e. The molecule has 0 aliphatic carbocycles. The minimum atomic E-state index is 0.754. The van der Waals surface area contributed by atoms with Crippen LogP contribution in [0.4, 0.5) is 11.5 Å². The van der Waals surface area contributed by atoms with Crippen molar-refractivity contribution in [3.05, 3.63) is 48.2 Å². The highest BCUT2D eigenvalue weighted by Crippen LogP contribution is 2.34. The van der Waals surface area contributed by atoms with Gasteiger partial charge in [0.1, 0.15) is 11.6 Å². The molecular formula is C16H19N3O. The molecule has 0 radical (unpaired) electrons. The minimum Gasteiger partial charge on any atom is -0.491 e. The predicted octanol–water partition coefficient (Wildman–Crippen LogP) is 2.72. The fraction of sp³-hybridized carbons (Fsp3) is 0.312. The average molecular weight is 269 g/mol. The van der Waals surface area contributed by atoms with E-state index in [2.05, 4.69) is 28.4 Å². The van der Waals surface area contributed by atoms with E-state index >= 15 is 0 Å². The highest BCUT2D eigenvalue weighted by molar-refractivity contribution is 5.67. The Morgan fingerprint density at radius 2 is 2.10 bits per heavy atom. The van der Waals surface area contributed by atoms with Crippen LogP contribution in [0.1, 0.15) is 12.1 Å². The largest absolute Gasteiger partial charge is 0.491 e. The van der Waals surface area contributed by atoms with Crippen LogP contribution in [-0.4, -0.2) is 25.2 Å². The highest BCUT2D eigenvalue weighted by atomic mass is 16.5. The summed E-state index contributed by atoms with van der Waals surface area (Å²) in [5.41, 5.74) is 2.15. The van der Waals surface area contributed by atoms with Crippen LogP contribution in [0.3, 0.4) is 0 Å². The lowest BCUT2D eigenvalue weighted by atomic mass is 10.2. The first kappa shape index (κ1) is 12.9. The van der Waals surface area contributed by atoms with E-state index in [0.29, 0.717) is 0 Å². The van der Waals surface area contributed by atoms with E-state index in [1.54, 1.807) is 0 Å². The molecule has 2 heterocycles. The third kappa shape index (κ3) is 2.60. The van der Waals surface area contributed by atoms with Gasteiger partial charge in [0.15, 0.2) is 0 Å². The van der Waals surface area contributed by atoms with Crippen molar-refractivity contribution in [3.63, 3.8) is 0 Å². The molecule has 0 amide bonds. The molecule has 1 aromatic heterocycles. The lowest BCUT2D eigenvalue weighted by Gasteiger charge is -2.23. The number of ether oxygens (including phenoxy) is 1. The Labute approximate surface area is 119 Å². The van der Waals surface area contributed by atoms with E-state index in [0.717, 1.165) is 49.1 Å². The van der Waals surface area contributed by atoms with E-state index in [1.165, 1.54) is 0 Å². The van der Waals surface area contributed by atoms with Crippen molar-refractivity contribution >= 4 is 11.5 Å². The number of hydrogen-bond donors (Lipinski definition) is 1. The molecule has 4 nitrogen and oxygen atoms in total. The summed E-state index contributed by atoms with van der Waals surface area (Å²) >= 11 is 0. The molecular weight excluding hydrogens is 250 g/mol. The lowest BCUT2D eigenvalue weighted by Crippen LogP contribution is -2.19. The number of rotatable bonds is 3. The molecule has 4 heteroatoms. The van der Waals surface area contributed by atoms with Crippen LogP contribution >= 0.6 is 0 Å². The van der Waals surface area contributed by atoms with Gasteiger partial charge in [0.2, 0.25) is 0 Å². The van der Waals surface area contributed by atoms with Gasteiger partial charge in [-0.25, -0.2) is 4.98 Å². The minimum absolute atomic E-state index is 0.754. The molecule has 3 rings (SSSR count). The monoisotopic (exact) mass is 269 g/mol. The van der Waals surface area contributed by atoms with E-state index in [9.17, 15) is 0 Å². The Morgan fingerprint density at radius 3 is 3.00 bits per heavy atom. The molecule has 104 valence electrons. The van der Waals surface area contributed by atoms with E-state index < -0.39 is 0 Å². The van der Waals surface area contributed by atoms with Gasteiger partial charge >= 0.3 is 0 Å². The van der Waals surface area contributed by atoms with Crippen LogP contribution in [0.15, 0.2) is 42.5 Å². The standard InChI is InChI=1S/C16H19N3O/c1-17-12-13-6-4-9-16(18-13)19-10-5-11-20-15-8-3-2-7-14(15)19/h2-4,6-9,17H,5,10-12H2,1H3. The van der Waals surface area contributed by atoms with Gasteiger partial charge in [0.05, 0.1) is 18.0 Å². The first-order valence-corrected chi connectivity index (χ1v) is 6.98. The summed E-state index contributed by atoms with van der Waals surface area (Å²) in [6.45, 7) is 2.45. The summed E-state index contributed by atoms with van der Waals surface area (Å²) in [6.07, 6.45) is 0.993. The Bertz CT molecular complexity index is 585. The van der Waals surface area contributed by atoms with Gasteiger partial charge in [0, 0.05) is 13.1 Å². The summed E-state index contributed by atoms with van der Waals surface area (Å²) in [7, 11) is 1.93. The number of benzene rings is 1. The number of aromatic nitrogens is 1. The molecule has 20 heavy (non-hydrogen) atoms. The summed E-state index contributed by atoms with van der Waals surface area (Å²) in [4.78, 5) is 6.97. The Morgan fingerprint density at radius 1 is 1.20 bits per heavy atom. The molecule has 0 spiro atoms. The van der Waals surface area contributed by atoms with E-state index in [-0.39, 0.29) is 0 Å². The van der Waals surface area contributed by atoms with Gasteiger partial charge in [-0.15, -0.1) is 0 Å². The Hall–Kier alpha value is -2.07. The van der Waals surface area contributed by atoms with Gasteiger partial charge < -0.3 is 15.0 Å². The molecule has 0 bridgehead atoms. The van der Waals surface area contributed by atoms with Gasteiger partial charge in [0.25, 0.3) is 0 Å². The summed E-state index contributed by atoms with van der Waals surface area (Å²) in [5.74, 6) is 1.92. The third-order valence-corrected chi connectivity index (χ3v) is 3.37. The third-order valence-electron chi connectivity index (χ3n) is 3.37. The second-order valence-electron chi connectivity index (χ2n) is 4.84. The maximum atomic E-state index is 5.80. The van der Waals surface area contributed by atoms with Crippen molar-refractivity contribution in [2.24, 2.45) is 0 Å². The molecule has 0 unspecified atom stereocenters. The molecule has 0 saturated carbocycles. The van der Waals surface area contributed by atoms with Crippen LogP contribution in [0.2, 0.25) is 0 Å². The molecule has 1 aromatic carbocycles. The van der Waals surface area contributed by atoms with Gasteiger partial charge in [-0.2, -0.15) is 0 Å². The number of anilines is 2. The maximum absolute atomic E-state index is 5.80. The highest BCUT2D eigenvalue weighted by Gasteiger charge is 2.18. The van der Waals surface area contributed by atoms with E-state index in [4.69, 9.17) is 9.72 Å². The number of nitrogens with one attached hydrogen (secondary N) is 1. The number of hydrogen-bond acceptors (Lipinski definition) is 4. The zero-order valence-corrected chi connectivity index (χ0v) is 11.7. The second kappa shape index (κ2) is 5.92. The van der Waals surface area contributed by atoms with Crippen molar-refractivity contribution in [2.45, 2.75) is 13.0 Å². The topological polar surface area (TPSA) is 37.4 Å². The van der Waals surface area contributed by atoms with Crippen molar-refractivity contribution in [3.8, 4) is 5.75 Å². The predicted molar refractivity (Wildman–Crippen MR) is 80.6 cm³/mol. The Balaban J connectivity index is 1.98. The van der Waals surface area contributed by atoms with Crippen molar-refractivity contribution < 1.29 is 4.74 Å². The van der Waals surface area contributed by atoms with E-state index in [1.807, 2.05) is 31.3 Å². The Kier molecular flexibility index (Phi) is 3.83. The van der Waals surface area contributed by atoms with Gasteiger partial charge in [-0.05, 0) is 37.7 Å². The number of nitrogens with zero attached hydrogens (tertiary/aromatic N) is 2. The number of para-hydroxylation sites is 2. The normalized spacial score (nSPS) is 14.3. The fourth-order valence-electron chi connectivity index (χ4n) is 2.46. The number of fused-ring (bicyclic) bond motifs is 1. The van der Waals surface area contributed by atoms with Crippen LogP contribution in [0.25, 0.3) is 0 Å². The smallest absolute Gasteiger partial charge is 0.142 e. The van der Waals surface area contributed by atoms with Crippen LogP contribution < -0.4 is 15.0 Å². The van der Waals surface area contributed by atoms with Crippen LogP contribution in [-0.2, 0) is 6.54 Å². The van der Waals surface area contributed by atoms with Gasteiger partial charge in [-0.3, -0.25) is 0 Å². The van der Waals surface area contributed by atoms with Crippen LogP contribution in [0.5, 0.6) is 5.75 Å². The van der Waals surface area contributed by atoms with Crippen LogP contribution in [0, 0.1) is 0 Å². The van der Waals surface area contributed by atoms with Crippen molar-refractivity contribution in [1.82, 2.24) is 10.3 Å². The average Bonchev–Trinajstić information content (AvgIpc) is 2.70. The summed E-state index contributed by atoms with van der Waals surface area (Å²) in [6, 6.07) is 14.3. The summed E-state index contributed by atoms with van der Waals surface area (Å²) in [5, 5.41) is 3.14. The van der Waals surface area contributed by atoms with Crippen molar-refractivity contribution in [2.75, 3.05) is 25.1 Å². The lowest BCUT2D eigenvalue weighted by molar-refractivity contribution is 0.322. The SMILES string of the molecule is CNCc1cccc(N2CCCOc3ccccc32)n1. The zero-order valence-electron chi connectivity index (χ0n) is 11.7. The van der Waals surface area contributed by atoms with Gasteiger partial charge in [-0.1, -0.05) is 18.2 Å². The molecule has 0 atom stereocenters. The molecule has 2 aromatic rings. The molecule has 0 fully saturated rings. The molecule has 1 aliphatic rings. The molecule has 1 N–H and O–H groups in total. The first-order chi connectivity index (χ1) is 9.88. The second-order valence-corrected chi connectivity index (χ2v) is 4.84. The zero-order chi connectivity index (χ0) is 13.8. The quantitative estimate of drug-likeness (QED) is 0.929. The fourth-order valence-corrected chi connectivity index (χ4v) is 2.46. The number of pyridine rings is 1. The first-order valence-electron chi connectivity index (χ1n) is 6.98. The molecule has 0 saturated heterocycles. The van der Waals surface area contributed by atoms with Crippen molar-refractivity contribution in [1.29, 1.82) is 0 Å².